The van der Waals surface area contributed by atoms with Gasteiger partial charge in [-0.25, -0.2) is 5.10 Å². The highest BCUT2D eigenvalue weighted by Crippen LogP contribution is 2.12. The van der Waals surface area contributed by atoms with E-state index in [9.17, 15) is 0 Å². The molecule has 0 unspecified atom stereocenters. The fraction of sp³-hybridized carbons (Fsp3) is 0.0625. The first-order valence-corrected chi connectivity index (χ1v) is 8.06. The van der Waals surface area contributed by atoms with Crippen LogP contribution in [0, 0.1) is 4.77 Å². The van der Waals surface area contributed by atoms with Crippen molar-refractivity contribution in [1.82, 2.24) is 14.9 Å². The smallest absolute Gasteiger partial charge is 0.216 e. The summed E-state index contributed by atoms with van der Waals surface area (Å²) < 4.78 is 8.65. The van der Waals surface area contributed by atoms with Gasteiger partial charge in [0.15, 0.2) is 5.82 Å². The van der Waals surface area contributed by atoms with Crippen molar-refractivity contribution >= 4 is 34.4 Å². The average molecular weight is 389 g/mol. The van der Waals surface area contributed by atoms with Crippen molar-refractivity contribution in [2.24, 2.45) is 5.10 Å². The lowest BCUT2D eigenvalue weighted by molar-refractivity contribution is 0.290. The maximum Gasteiger partial charge on any atom is 0.216 e. The van der Waals surface area contributed by atoms with E-state index in [2.05, 4.69) is 31.2 Å². The van der Waals surface area contributed by atoms with Crippen molar-refractivity contribution in [2.75, 3.05) is 0 Å². The zero-order chi connectivity index (χ0) is 16.1. The van der Waals surface area contributed by atoms with Gasteiger partial charge in [0.25, 0.3) is 0 Å². The lowest BCUT2D eigenvalue weighted by atomic mass is 10.2. The molecule has 0 radical (unpaired) electrons. The number of nitrogens with one attached hydrogen (secondary N) is 1. The highest BCUT2D eigenvalue weighted by molar-refractivity contribution is 9.10. The molecular weight excluding hydrogens is 376 g/mol. The van der Waals surface area contributed by atoms with Crippen LogP contribution in [-0.2, 0) is 6.61 Å². The summed E-state index contributed by atoms with van der Waals surface area (Å²) in [5, 5.41) is 11.3. The minimum atomic E-state index is 0.271. The van der Waals surface area contributed by atoms with Gasteiger partial charge in [-0.3, -0.25) is 0 Å². The maximum absolute atomic E-state index is 5.69. The predicted octanol–water partition coefficient (Wildman–Crippen LogP) is 4.16. The number of nitrogens with zero attached hydrogens (tertiary/aromatic N) is 3. The molecule has 0 spiro atoms. The molecule has 0 fully saturated rings. The third kappa shape index (κ3) is 4.14. The van der Waals surface area contributed by atoms with Gasteiger partial charge in [0.05, 0.1) is 6.21 Å². The lowest BCUT2D eigenvalue weighted by Crippen LogP contribution is -2.04. The Bertz CT molecular complexity index is 873. The molecule has 3 aromatic rings. The predicted molar refractivity (Wildman–Crippen MR) is 95.3 cm³/mol. The van der Waals surface area contributed by atoms with Gasteiger partial charge in [-0.2, -0.15) is 14.9 Å². The molecule has 0 saturated carbocycles. The second kappa shape index (κ2) is 7.34. The Morgan fingerprint density at radius 2 is 2.04 bits per heavy atom. The normalized spacial score (nSPS) is 11.0. The summed E-state index contributed by atoms with van der Waals surface area (Å²) in [6.45, 7) is 0.271. The van der Waals surface area contributed by atoms with Crippen LogP contribution in [-0.4, -0.2) is 21.1 Å². The summed E-state index contributed by atoms with van der Waals surface area (Å²) in [6.07, 6.45) is 1.72. The van der Waals surface area contributed by atoms with Gasteiger partial charge in [-0.1, -0.05) is 46.3 Å². The van der Waals surface area contributed by atoms with Crippen molar-refractivity contribution in [3.63, 3.8) is 0 Å². The monoisotopic (exact) mass is 388 g/mol. The summed E-state index contributed by atoms with van der Waals surface area (Å²) in [5.74, 6) is 1.37. The van der Waals surface area contributed by atoms with Crippen molar-refractivity contribution < 1.29 is 4.74 Å². The van der Waals surface area contributed by atoms with E-state index in [1.807, 2.05) is 54.6 Å². The Morgan fingerprint density at radius 3 is 2.83 bits per heavy atom. The fourth-order valence-electron chi connectivity index (χ4n) is 1.91. The van der Waals surface area contributed by atoms with Crippen molar-refractivity contribution in [3.05, 3.63) is 75.2 Å². The largest absolute Gasteiger partial charge is 0.486 e. The Labute approximate surface area is 146 Å². The number of hydrogen-bond acceptors (Lipinski definition) is 4. The summed E-state index contributed by atoms with van der Waals surface area (Å²) in [5.41, 5.74) is 0.956. The van der Waals surface area contributed by atoms with E-state index in [0.717, 1.165) is 15.8 Å². The molecule has 0 aliphatic rings. The van der Waals surface area contributed by atoms with Crippen LogP contribution in [0.25, 0.3) is 0 Å². The van der Waals surface area contributed by atoms with E-state index in [-0.39, 0.29) is 6.61 Å². The second-order valence-electron chi connectivity index (χ2n) is 4.66. The molecule has 0 saturated heterocycles. The highest BCUT2D eigenvalue weighted by atomic mass is 79.9. The second-order valence-corrected chi connectivity index (χ2v) is 5.96. The Morgan fingerprint density at radius 1 is 1.22 bits per heavy atom. The number of halogens is 1. The van der Waals surface area contributed by atoms with Gasteiger partial charge >= 0.3 is 0 Å². The number of rotatable bonds is 5. The molecule has 1 heterocycles. The summed E-state index contributed by atoms with van der Waals surface area (Å²) in [7, 11) is 0. The first-order valence-electron chi connectivity index (χ1n) is 6.86. The summed E-state index contributed by atoms with van der Waals surface area (Å²) in [6, 6.07) is 17.4. The number of hydrogen-bond donors (Lipinski definition) is 1. The minimum absolute atomic E-state index is 0.271. The fourth-order valence-corrected chi connectivity index (χ4v) is 2.53. The molecule has 0 aliphatic heterocycles. The molecule has 5 nitrogen and oxygen atoms in total. The van der Waals surface area contributed by atoms with Crippen LogP contribution in [0.15, 0.2) is 64.2 Å². The molecule has 3 rings (SSSR count). The third-order valence-electron chi connectivity index (χ3n) is 3.00. The van der Waals surface area contributed by atoms with E-state index in [1.165, 1.54) is 0 Å². The van der Waals surface area contributed by atoms with Crippen LogP contribution in [0.2, 0.25) is 0 Å². The van der Waals surface area contributed by atoms with E-state index in [1.54, 1.807) is 10.9 Å². The van der Waals surface area contributed by atoms with Crippen LogP contribution >= 0.6 is 28.1 Å². The number of H-pyrrole nitrogens is 1. The van der Waals surface area contributed by atoms with Crippen LogP contribution in [0.3, 0.4) is 0 Å². The number of aromatic amines is 1. The Hall–Kier alpha value is -2.25. The van der Waals surface area contributed by atoms with Gasteiger partial charge in [0.2, 0.25) is 4.77 Å². The molecule has 116 valence electrons. The SMILES string of the molecule is S=c1[nH]nc(COc2ccccc2)n1/N=C/c1cccc(Br)c1. The summed E-state index contributed by atoms with van der Waals surface area (Å²) in [4.78, 5) is 0. The standard InChI is InChI=1S/C16H13BrN4OS/c17-13-6-4-5-12(9-13)10-18-21-15(19-20-16(21)23)11-22-14-7-2-1-3-8-14/h1-10H,11H2,(H,20,23)/b18-10+. The van der Waals surface area contributed by atoms with Crippen LogP contribution < -0.4 is 4.74 Å². The number of para-hydroxylation sites is 1. The molecule has 0 atom stereocenters. The highest BCUT2D eigenvalue weighted by Gasteiger charge is 2.06. The van der Waals surface area contributed by atoms with Crippen molar-refractivity contribution in [3.8, 4) is 5.75 Å². The molecule has 2 aromatic carbocycles. The zero-order valence-electron chi connectivity index (χ0n) is 12.0. The van der Waals surface area contributed by atoms with Gasteiger partial charge < -0.3 is 4.74 Å². The molecule has 1 aromatic heterocycles. The van der Waals surface area contributed by atoms with E-state index in [0.29, 0.717) is 10.6 Å². The maximum atomic E-state index is 5.69. The van der Waals surface area contributed by atoms with E-state index < -0.39 is 0 Å². The van der Waals surface area contributed by atoms with Gasteiger partial charge in [0.1, 0.15) is 12.4 Å². The van der Waals surface area contributed by atoms with Crippen molar-refractivity contribution in [2.45, 2.75) is 6.61 Å². The zero-order valence-corrected chi connectivity index (χ0v) is 14.4. The minimum Gasteiger partial charge on any atom is -0.486 e. The first kappa shape index (κ1) is 15.6. The molecule has 23 heavy (non-hydrogen) atoms. The van der Waals surface area contributed by atoms with Gasteiger partial charge in [-0.05, 0) is 42.0 Å². The van der Waals surface area contributed by atoms with E-state index in [4.69, 9.17) is 17.0 Å². The van der Waals surface area contributed by atoms with E-state index >= 15 is 0 Å². The van der Waals surface area contributed by atoms with Crippen molar-refractivity contribution in [1.29, 1.82) is 0 Å². The average Bonchev–Trinajstić information content (AvgIpc) is 2.92. The van der Waals surface area contributed by atoms with Crippen LogP contribution in [0.5, 0.6) is 5.75 Å². The molecular formula is C16H13BrN4OS. The van der Waals surface area contributed by atoms with Gasteiger partial charge in [0, 0.05) is 4.47 Å². The number of ether oxygens (including phenoxy) is 1. The van der Waals surface area contributed by atoms with Crippen LogP contribution in [0.4, 0.5) is 0 Å². The van der Waals surface area contributed by atoms with Crippen LogP contribution in [0.1, 0.15) is 11.4 Å². The van der Waals surface area contributed by atoms with Gasteiger partial charge in [-0.15, -0.1) is 0 Å². The Kier molecular flexibility index (Phi) is 4.99. The first-order chi connectivity index (χ1) is 11.2. The molecule has 0 bridgehead atoms. The quantitative estimate of drug-likeness (QED) is 0.527. The lowest BCUT2D eigenvalue weighted by Gasteiger charge is -2.04. The molecule has 0 amide bonds. The Balaban J connectivity index is 1.77. The molecule has 1 N–H and O–H groups in total. The third-order valence-corrected chi connectivity index (χ3v) is 3.76. The topological polar surface area (TPSA) is 55.2 Å². The number of aromatic nitrogens is 3. The molecule has 0 aliphatic carbocycles. The summed E-state index contributed by atoms with van der Waals surface area (Å²) >= 11 is 8.64. The number of benzene rings is 2. The molecule has 7 heteroatoms.